The Morgan fingerprint density at radius 2 is 1.60 bits per heavy atom. The van der Waals surface area contributed by atoms with Gasteiger partial charge in [-0.15, -0.1) is 0 Å². The van der Waals surface area contributed by atoms with Gasteiger partial charge in [0.05, 0.1) is 21.9 Å². The predicted octanol–water partition coefficient (Wildman–Crippen LogP) is 6.43. The van der Waals surface area contributed by atoms with Crippen LogP contribution < -0.4 is 21.1 Å². The van der Waals surface area contributed by atoms with Crippen molar-refractivity contribution in [3.8, 4) is 0 Å². The number of aryl methyl sites for hydroxylation is 1. The summed E-state index contributed by atoms with van der Waals surface area (Å²) in [6.07, 6.45) is 9.31. The Morgan fingerprint density at radius 3 is 2.35 bits per heavy atom. The van der Waals surface area contributed by atoms with E-state index < -0.39 is 6.04 Å². The van der Waals surface area contributed by atoms with Gasteiger partial charge in [-0.05, 0) is 118 Å². The number of likely N-dealkylation sites (tertiary alicyclic amines) is 1. The lowest BCUT2D eigenvalue weighted by Gasteiger charge is -2.42. The molecule has 3 aromatic carbocycles. The summed E-state index contributed by atoms with van der Waals surface area (Å²) in [5.41, 5.74) is 6.52. The fraction of sp³-hybridized carbons (Fsp3) is 0.463. The van der Waals surface area contributed by atoms with Gasteiger partial charge in [0.2, 0.25) is 17.6 Å². The second-order valence-electron chi connectivity index (χ2n) is 15.4. The molecule has 11 heteroatoms. The standard InChI is InChI=1S/C41H46FN7O3/c1-25-5-4-8-35-38(25)40(52)45-41-48(29-6-2-3-7-29)36-24-30(10-13-34(36)49(35)41)47-21-17-28(18-22-47)46-19-15-26(16-20-46)31-11-9-27(23-32(31)42)43-33-12-14-37(50)44-39(33)51/h4-5,8-11,13,23-24,26,28-29,33,43H,2-3,6-7,12,14-22H2,1H3,(H,44,50,51). The Morgan fingerprint density at radius 1 is 0.808 bits per heavy atom. The van der Waals surface area contributed by atoms with Crippen molar-refractivity contribution < 1.29 is 14.0 Å². The molecule has 3 saturated heterocycles. The van der Waals surface area contributed by atoms with E-state index >= 15 is 4.39 Å². The summed E-state index contributed by atoms with van der Waals surface area (Å²) >= 11 is 0. The molecule has 270 valence electrons. The van der Waals surface area contributed by atoms with E-state index in [4.69, 9.17) is 4.98 Å². The number of fused-ring (bicyclic) bond motifs is 5. The highest BCUT2D eigenvalue weighted by molar-refractivity contribution is 6.01. The Kier molecular flexibility index (Phi) is 8.48. The summed E-state index contributed by atoms with van der Waals surface area (Å²) in [5.74, 6) is 0.0672. The molecule has 1 atom stereocenters. The molecule has 52 heavy (non-hydrogen) atoms. The average molecular weight is 704 g/mol. The minimum atomic E-state index is -0.529. The molecular formula is C41H46FN7O3. The Bertz CT molecular complexity index is 2260. The highest BCUT2D eigenvalue weighted by Crippen LogP contribution is 2.38. The molecule has 0 bridgehead atoms. The van der Waals surface area contributed by atoms with Crippen molar-refractivity contribution >= 4 is 50.9 Å². The lowest BCUT2D eigenvalue weighted by molar-refractivity contribution is -0.133. The Balaban J connectivity index is 0.877. The van der Waals surface area contributed by atoms with Gasteiger partial charge >= 0.3 is 0 Å². The molecular weight excluding hydrogens is 657 g/mol. The molecule has 2 N–H and O–H groups in total. The number of carbonyl (C=O) groups is 2. The van der Waals surface area contributed by atoms with Crippen molar-refractivity contribution in [3.05, 3.63) is 81.9 Å². The smallest absolute Gasteiger partial charge is 0.282 e. The number of imidazole rings is 1. The molecule has 4 fully saturated rings. The number of halogens is 1. The monoisotopic (exact) mass is 703 g/mol. The number of nitrogens with one attached hydrogen (secondary N) is 2. The number of amides is 2. The third-order valence-electron chi connectivity index (χ3n) is 12.4. The number of rotatable bonds is 6. The molecule has 10 nitrogen and oxygen atoms in total. The molecule has 3 aliphatic heterocycles. The van der Waals surface area contributed by atoms with Gasteiger partial charge in [-0.3, -0.25) is 24.1 Å². The summed E-state index contributed by atoms with van der Waals surface area (Å²) in [4.78, 5) is 46.8. The van der Waals surface area contributed by atoms with Crippen LogP contribution in [0.3, 0.4) is 0 Å². The molecule has 9 rings (SSSR count). The maximum Gasteiger partial charge on any atom is 0.282 e. The molecule has 1 aliphatic carbocycles. The number of carbonyl (C=O) groups excluding carboxylic acids is 2. The van der Waals surface area contributed by atoms with E-state index in [1.54, 1.807) is 0 Å². The zero-order valence-electron chi connectivity index (χ0n) is 29.7. The Labute approximate surface area is 302 Å². The molecule has 0 spiro atoms. The summed E-state index contributed by atoms with van der Waals surface area (Å²) < 4.78 is 19.9. The summed E-state index contributed by atoms with van der Waals surface area (Å²) in [7, 11) is 0. The molecule has 5 heterocycles. The van der Waals surface area contributed by atoms with Crippen LogP contribution in [-0.2, 0) is 9.59 Å². The molecule has 5 aromatic rings. The number of hydrogen-bond acceptors (Lipinski definition) is 7. The van der Waals surface area contributed by atoms with Crippen LogP contribution in [0.4, 0.5) is 15.8 Å². The van der Waals surface area contributed by atoms with Crippen LogP contribution in [0, 0.1) is 12.7 Å². The van der Waals surface area contributed by atoms with Gasteiger partial charge in [0.25, 0.3) is 5.56 Å². The molecule has 0 radical (unpaired) electrons. The fourth-order valence-electron chi connectivity index (χ4n) is 9.59. The minimum Gasteiger partial charge on any atom is -0.374 e. The largest absolute Gasteiger partial charge is 0.374 e. The summed E-state index contributed by atoms with van der Waals surface area (Å²) in [5, 5.41) is 6.14. The van der Waals surface area contributed by atoms with Crippen molar-refractivity contribution in [2.75, 3.05) is 36.4 Å². The van der Waals surface area contributed by atoms with Crippen LogP contribution in [0.25, 0.3) is 27.7 Å². The van der Waals surface area contributed by atoms with Gasteiger partial charge in [0, 0.05) is 43.0 Å². The van der Waals surface area contributed by atoms with E-state index in [0.29, 0.717) is 29.6 Å². The van der Waals surface area contributed by atoms with Gasteiger partial charge in [-0.2, -0.15) is 4.98 Å². The number of hydrogen-bond donors (Lipinski definition) is 2. The van der Waals surface area contributed by atoms with Gasteiger partial charge in [0.15, 0.2) is 0 Å². The van der Waals surface area contributed by atoms with Crippen molar-refractivity contribution in [3.63, 3.8) is 0 Å². The number of piperidine rings is 3. The third-order valence-corrected chi connectivity index (χ3v) is 12.4. The van der Waals surface area contributed by atoms with Gasteiger partial charge < -0.3 is 19.7 Å². The second kappa shape index (κ2) is 13.3. The van der Waals surface area contributed by atoms with E-state index in [9.17, 15) is 14.4 Å². The van der Waals surface area contributed by atoms with Crippen LogP contribution in [0.2, 0.25) is 0 Å². The van der Waals surface area contributed by atoms with Crippen molar-refractivity contribution in [2.45, 2.75) is 95.2 Å². The first-order valence-corrected chi connectivity index (χ1v) is 19.2. The first kappa shape index (κ1) is 33.1. The van der Waals surface area contributed by atoms with Crippen molar-refractivity contribution in [1.29, 1.82) is 0 Å². The topological polar surface area (TPSA) is 104 Å². The predicted molar refractivity (Wildman–Crippen MR) is 202 cm³/mol. The first-order chi connectivity index (χ1) is 25.3. The fourth-order valence-corrected chi connectivity index (χ4v) is 9.59. The van der Waals surface area contributed by atoms with Crippen molar-refractivity contribution in [1.82, 2.24) is 24.2 Å². The lowest BCUT2D eigenvalue weighted by Crippen LogP contribution is -2.47. The van der Waals surface area contributed by atoms with E-state index in [-0.39, 0.29) is 35.5 Å². The highest BCUT2D eigenvalue weighted by atomic mass is 19.1. The normalized spacial score (nSPS) is 21.5. The average Bonchev–Trinajstić information content (AvgIpc) is 3.79. The van der Waals surface area contributed by atoms with Crippen LogP contribution in [-0.4, -0.2) is 68.9 Å². The lowest BCUT2D eigenvalue weighted by atomic mass is 9.87. The zero-order valence-corrected chi connectivity index (χ0v) is 29.7. The Hall–Kier alpha value is -4.77. The van der Waals surface area contributed by atoms with Crippen LogP contribution >= 0.6 is 0 Å². The van der Waals surface area contributed by atoms with Gasteiger partial charge in [-0.1, -0.05) is 31.0 Å². The molecule has 4 aliphatic rings. The second-order valence-corrected chi connectivity index (χ2v) is 15.4. The molecule has 1 unspecified atom stereocenters. The number of nitrogens with zero attached hydrogens (tertiary/aromatic N) is 5. The molecule has 1 saturated carbocycles. The van der Waals surface area contributed by atoms with E-state index in [1.165, 1.54) is 24.6 Å². The summed E-state index contributed by atoms with van der Waals surface area (Å²) in [6.45, 7) is 5.86. The maximum atomic E-state index is 15.3. The number of aromatic nitrogens is 3. The molecule has 2 amide bonds. The minimum absolute atomic E-state index is 0.149. The van der Waals surface area contributed by atoms with Crippen LogP contribution in [0.5, 0.6) is 0 Å². The van der Waals surface area contributed by atoms with Gasteiger partial charge in [-0.25, -0.2) is 4.39 Å². The SMILES string of the molecule is Cc1cccc2c1c(=O)nc1n(C3CCCC3)c3cc(N4CCC(N5CCC(c6ccc(NC7CCC(=O)NC7=O)cc6F)CC5)CC4)ccc3n21. The number of benzene rings is 3. The van der Waals surface area contributed by atoms with E-state index in [0.717, 1.165) is 98.2 Å². The summed E-state index contributed by atoms with van der Waals surface area (Å²) in [6, 6.07) is 18.4. The first-order valence-electron chi connectivity index (χ1n) is 19.2. The van der Waals surface area contributed by atoms with Crippen molar-refractivity contribution in [2.24, 2.45) is 0 Å². The van der Waals surface area contributed by atoms with Crippen LogP contribution in [0.15, 0.2) is 59.4 Å². The quantitative estimate of drug-likeness (QED) is 0.197. The van der Waals surface area contributed by atoms with Gasteiger partial charge in [0.1, 0.15) is 11.9 Å². The zero-order chi connectivity index (χ0) is 35.5. The number of imide groups is 1. The van der Waals surface area contributed by atoms with E-state index in [2.05, 4.69) is 53.7 Å². The van der Waals surface area contributed by atoms with E-state index in [1.807, 2.05) is 31.2 Å². The maximum absolute atomic E-state index is 15.3. The highest BCUT2D eigenvalue weighted by Gasteiger charge is 2.32. The number of anilines is 2. The molecule has 2 aromatic heterocycles. The van der Waals surface area contributed by atoms with Crippen LogP contribution in [0.1, 0.15) is 87.3 Å². The third kappa shape index (κ3) is 5.83.